The fraction of sp³-hybridized carbons (Fsp3) is 0.333. The summed E-state index contributed by atoms with van der Waals surface area (Å²) in [5, 5.41) is 22.3. The Hall–Kier alpha value is -2.35. The number of halogens is 1. The number of nitrogens with one attached hydrogen (secondary N) is 2. The maximum absolute atomic E-state index is 13.4. The molecule has 20 heavy (non-hydrogen) atoms. The quantitative estimate of drug-likeness (QED) is 0.640. The highest BCUT2D eigenvalue weighted by atomic mass is 19.1. The van der Waals surface area contributed by atoms with Crippen molar-refractivity contribution in [3.63, 3.8) is 0 Å². The summed E-state index contributed by atoms with van der Waals surface area (Å²) >= 11 is 0. The summed E-state index contributed by atoms with van der Waals surface area (Å²) in [6, 6.07) is 1.39. The molecule has 0 radical (unpaired) electrons. The van der Waals surface area contributed by atoms with Gasteiger partial charge in [-0.2, -0.15) is 0 Å². The molecule has 0 aliphatic rings. The van der Waals surface area contributed by atoms with Gasteiger partial charge in [-0.15, -0.1) is 0 Å². The lowest BCUT2D eigenvalue weighted by Gasteiger charge is -2.17. The van der Waals surface area contributed by atoms with Crippen molar-refractivity contribution in [2.75, 3.05) is 12.4 Å². The number of urea groups is 1. The highest BCUT2D eigenvalue weighted by molar-refractivity contribution is 5.92. The van der Waals surface area contributed by atoms with Crippen LogP contribution in [0.4, 0.5) is 14.9 Å². The number of carbonyl (C=O) groups excluding carboxylic acids is 1. The standard InChI is InChI=1S/C12H15FN2O5/c1-6(16)10(11(17)18)15-12(19)14-7-3-4-9(20-2)8(13)5-7/h3-6,10,16H,1-2H3,(H,17,18)(H2,14,15,19)/t6-,10+/m1/s1. The number of aliphatic hydroxyl groups is 1. The van der Waals surface area contributed by atoms with E-state index in [1.807, 2.05) is 0 Å². The van der Waals surface area contributed by atoms with Crippen molar-refractivity contribution in [1.82, 2.24) is 5.32 Å². The molecule has 0 aliphatic heterocycles. The number of rotatable bonds is 5. The number of methoxy groups -OCH3 is 1. The van der Waals surface area contributed by atoms with E-state index in [1.165, 1.54) is 26.2 Å². The minimum atomic E-state index is -1.46. The molecule has 0 heterocycles. The molecule has 2 amide bonds. The third-order valence-electron chi connectivity index (χ3n) is 2.44. The maximum Gasteiger partial charge on any atom is 0.328 e. The van der Waals surface area contributed by atoms with Crippen molar-refractivity contribution in [3.8, 4) is 5.75 Å². The molecule has 0 unspecified atom stereocenters. The van der Waals surface area contributed by atoms with E-state index in [1.54, 1.807) is 0 Å². The Morgan fingerprint density at radius 2 is 2.05 bits per heavy atom. The summed E-state index contributed by atoms with van der Waals surface area (Å²) in [5.74, 6) is -2.03. The molecule has 8 heteroatoms. The second-order valence-corrected chi connectivity index (χ2v) is 4.00. The van der Waals surface area contributed by atoms with Crippen LogP contribution in [0.25, 0.3) is 0 Å². The fourth-order valence-corrected chi connectivity index (χ4v) is 1.44. The van der Waals surface area contributed by atoms with E-state index >= 15 is 0 Å². The summed E-state index contributed by atoms with van der Waals surface area (Å²) in [7, 11) is 1.30. The van der Waals surface area contributed by atoms with Crippen molar-refractivity contribution in [2.45, 2.75) is 19.1 Å². The first kappa shape index (κ1) is 15.7. The summed E-state index contributed by atoms with van der Waals surface area (Å²) in [6.07, 6.45) is -1.27. The summed E-state index contributed by atoms with van der Waals surface area (Å²) in [5.41, 5.74) is 0.121. The van der Waals surface area contributed by atoms with E-state index in [0.29, 0.717) is 0 Å². The molecular formula is C12H15FN2O5. The van der Waals surface area contributed by atoms with Crippen LogP contribution >= 0.6 is 0 Å². The van der Waals surface area contributed by atoms with Crippen LogP contribution in [0.15, 0.2) is 18.2 Å². The van der Waals surface area contributed by atoms with Crippen LogP contribution in [-0.4, -0.2) is 41.5 Å². The number of carboxylic acid groups (broad SMARTS) is 1. The molecule has 0 bridgehead atoms. The number of anilines is 1. The fourth-order valence-electron chi connectivity index (χ4n) is 1.44. The van der Waals surface area contributed by atoms with Gasteiger partial charge in [0, 0.05) is 11.8 Å². The van der Waals surface area contributed by atoms with E-state index < -0.39 is 30.0 Å². The lowest BCUT2D eigenvalue weighted by atomic mass is 10.2. The highest BCUT2D eigenvalue weighted by Crippen LogP contribution is 2.20. The minimum Gasteiger partial charge on any atom is -0.494 e. The lowest BCUT2D eigenvalue weighted by molar-refractivity contribution is -0.141. The summed E-state index contributed by atoms with van der Waals surface area (Å²) in [6.45, 7) is 1.23. The third-order valence-corrected chi connectivity index (χ3v) is 2.44. The second-order valence-electron chi connectivity index (χ2n) is 4.00. The number of carboxylic acids is 1. The van der Waals surface area contributed by atoms with Gasteiger partial charge in [-0.3, -0.25) is 0 Å². The Morgan fingerprint density at radius 3 is 2.50 bits per heavy atom. The molecule has 0 aliphatic carbocycles. The molecule has 0 spiro atoms. The number of hydrogen-bond donors (Lipinski definition) is 4. The van der Waals surface area contributed by atoms with Crippen LogP contribution in [0.3, 0.4) is 0 Å². The summed E-state index contributed by atoms with van der Waals surface area (Å²) in [4.78, 5) is 22.3. The molecule has 0 saturated heterocycles. The highest BCUT2D eigenvalue weighted by Gasteiger charge is 2.24. The van der Waals surface area contributed by atoms with E-state index in [2.05, 4.69) is 10.6 Å². The lowest BCUT2D eigenvalue weighted by Crippen LogP contribution is -2.49. The Kier molecular flexibility index (Phi) is 5.27. The van der Waals surface area contributed by atoms with Crippen molar-refractivity contribution in [3.05, 3.63) is 24.0 Å². The largest absolute Gasteiger partial charge is 0.494 e. The van der Waals surface area contributed by atoms with Crippen molar-refractivity contribution in [2.24, 2.45) is 0 Å². The second kappa shape index (κ2) is 6.71. The van der Waals surface area contributed by atoms with Gasteiger partial charge >= 0.3 is 12.0 Å². The molecule has 110 valence electrons. The van der Waals surface area contributed by atoms with Gasteiger partial charge < -0.3 is 25.6 Å². The first-order valence-electron chi connectivity index (χ1n) is 5.67. The Bertz CT molecular complexity index is 507. The average molecular weight is 286 g/mol. The Labute approximate surface area is 114 Å². The normalized spacial score (nSPS) is 13.2. The van der Waals surface area contributed by atoms with Crippen LogP contribution in [-0.2, 0) is 4.79 Å². The zero-order chi connectivity index (χ0) is 15.3. The van der Waals surface area contributed by atoms with E-state index in [9.17, 15) is 19.1 Å². The van der Waals surface area contributed by atoms with Gasteiger partial charge in [-0.05, 0) is 19.1 Å². The number of carbonyl (C=O) groups is 2. The number of hydrogen-bond acceptors (Lipinski definition) is 4. The van der Waals surface area contributed by atoms with Crippen LogP contribution < -0.4 is 15.4 Å². The predicted molar refractivity (Wildman–Crippen MR) is 68.2 cm³/mol. The van der Waals surface area contributed by atoms with Crippen LogP contribution in [0.5, 0.6) is 5.75 Å². The van der Waals surface area contributed by atoms with Gasteiger partial charge in [0.2, 0.25) is 0 Å². The van der Waals surface area contributed by atoms with Crippen molar-refractivity contribution in [1.29, 1.82) is 0 Å². The molecular weight excluding hydrogens is 271 g/mol. The third kappa shape index (κ3) is 4.09. The van der Waals surface area contributed by atoms with Gasteiger partial charge in [-0.1, -0.05) is 0 Å². The molecule has 2 atom stereocenters. The number of aliphatic carboxylic acids is 1. The molecule has 7 nitrogen and oxygen atoms in total. The predicted octanol–water partition coefficient (Wildman–Crippen LogP) is 0.790. The van der Waals surface area contributed by atoms with E-state index in [4.69, 9.17) is 9.84 Å². The van der Waals surface area contributed by atoms with Gasteiger partial charge in [0.05, 0.1) is 13.2 Å². The van der Waals surface area contributed by atoms with Gasteiger partial charge in [0.15, 0.2) is 17.6 Å². The van der Waals surface area contributed by atoms with Crippen molar-refractivity contribution < 1.29 is 28.9 Å². The monoisotopic (exact) mass is 286 g/mol. The van der Waals surface area contributed by atoms with Crippen molar-refractivity contribution >= 4 is 17.7 Å². The van der Waals surface area contributed by atoms with Crippen LogP contribution in [0.1, 0.15) is 6.92 Å². The maximum atomic E-state index is 13.4. The van der Waals surface area contributed by atoms with Crippen LogP contribution in [0.2, 0.25) is 0 Å². The van der Waals surface area contributed by atoms with Gasteiger partial charge in [0.1, 0.15) is 0 Å². The number of amides is 2. The van der Waals surface area contributed by atoms with Gasteiger partial charge in [0.25, 0.3) is 0 Å². The molecule has 0 saturated carbocycles. The zero-order valence-corrected chi connectivity index (χ0v) is 10.9. The number of aliphatic hydroxyl groups excluding tert-OH is 1. The Morgan fingerprint density at radius 1 is 1.40 bits per heavy atom. The number of ether oxygens (including phenoxy) is 1. The van der Waals surface area contributed by atoms with E-state index in [-0.39, 0.29) is 11.4 Å². The minimum absolute atomic E-state index is 0.0170. The molecule has 4 N–H and O–H groups in total. The molecule has 1 aromatic rings. The van der Waals surface area contributed by atoms with E-state index in [0.717, 1.165) is 6.07 Å². The molecule has 0 fully saturated rings. The Balaban J connectivity index is 2.71. The molecule has 0 aromatic heterocycles. The first-order valence-corrected chi connectivity index (χ1v) is 5.67. The van der Waals surface area contributed by atoms with Crippen LogP contribution in [0, 0.1) is 5.82 Å². The molecule has 1 aromatic carbocycles. The average Bonchev–Trinajstić information content (AvgIpc) is 2.35. The molecule has 1 rings (SSSR count). The summed E-state index contributed by atoms with van der Waals surface area (Å²) < 4.78 is 18.1. The smallest absolute Gasteiger partial charge is 0.328 e. The van der Waals surface area contributed by atoms with Gasteiger partial charge in [-0.25, -0.2) is 14.0 Å². The first-order chi connectivity index (χ1) is 9.35. The number of benzene rings is 1. The topological polar surface area (TPSA) is 108 Å². The zero-order valence-electron chi connectivity index (χ0n) is 10.9. The SMILES string of the molecule is COc1ccc(NC(=O)N[C@H](C(=O)O)[C@@H](C)O)cc1F.